The van der Waals surface area contributed by atoms with Crippen LogP contribution in [-0.2, 0) is 13.1 Å². The largest absolute Gasteiger partial charge is 0.299 e. The summed E-state index contributed by atoms with van der Waals surface area (Å²) in [4.78, 5) is 16.9. The third kappa shape index (κ3) is 4.46. The SMILES string of the molecule is Cc1nnc(CN2CCN(CCn3nc(-n4cccn4)ccc3=O)CC2)s1. The molecule has 0 spiro atoms. The molecule has 27 heavy (non-hydrogen) atoms. The van der Waals surface area contributed by atoms with Crippen molar-refractivity contribution in [2.75, 3.05) is 32.7 Å². The molecule has 0 amide bonds. The van der Waals surface area contributed by atoms with Gasteiger partial charge in [-0.05, 0) is 19.1 Å². The molecule has 3 aromatic rings. The average molecular weight is 386 g/mol. The lowest BCUT2D eigenvalue weighted by molar-refractivity contribution is 0.122. The Kier molecular flexibility index (Phi) is 5.37. The van der Waals surface area contributed by atoms with E-state index in [1.165, 1.54) is 4.68 Å². The Morgan fingerprint density at radius 2 is 1.89 bits per heavy atom. The van der Waals surface area contributed by atoms with Crippen molar-refractivity contribution in [3.05, 3.63) is 51.0 Å². The van der Waals surface area contributed by atoms with Crippen LogP contribution in [0.5, 0.6) is 0 Å². The second kappa shape index (κ2) is 8.07. The van der Waals surface area contributed by atoms with Crippen LogP contribution in [0.1, 0.15) is 10.0 Å². The zero-order valence-electron chi connectivity index (χ0n) is 15.2. The molecular weight excluding hydrogens is 364 g/mol. The van der Waals surface area contributed by atoms with Gasteiger partial charge in [-0.2, -0.15) is 5.10 Å². The highest BCUT2D eigenvalue weighted by atomic mass is 32.1. The molecule has 1 aliphatic rings. The van der Waals surface area contributed by atoms with Crippen molar-refractivity contribution in [2.24, 2.45) is 0 Å². The smallest absolute Gasteiger partial charge is 0.266 e. The van der Waals surface area contributed by atoms with Gasteiger partial charge in [0.05, 0.1) is 13.1 Å². The fourth-order valence-corrected chi connectivity index (χ4v) is 3.88. The molecule has 1 fully saturated rings. The van der Waals surface area contributed by atoms with E-state index in [1.807, 2.05) is 19.2 Å². The highest BCUT2D eigenvalue weighted by Crippen LogP contribution is 2.12. The maximum atomic E-state index is 12.1. The molecule has 142 valence electrons. The van der Waals surface area contributed by atoms with E-state index in [4.69, 9.17) is 0 Å². The highest BCUT2D eigenvalue weighted by Gasteiger charge is 2.18. The number of rotatable bonds is 6. The van der Waals surface area contributed by atoms with E-state index in [-0.39, 0.29) is 5.56 Å². The zero-order valence-corrected chi connectivity index (χ0v) is 16.0. The van der Waals surface area contributed by atoms with Crippen LogP contribution in [0.4, 0.5) is 0 Å². The first-order valence-electron chi connectivity index (χ1n) is 8.99. The zero-order chi connectivity index (χ0) is 18.6. The van der Waals surface area contributed by atoms with E-state index < -0.39 is 0 Å². The van der Waals surface area contributed by atoms with Crippen LogP contribution in [-0.4, -0.2) is 72.3 Å². The van der Waals surface area contributed by atoms with Gasteiger partial charge in [0, 0.05) is 51.2 Å². The number of aryl methyl sites for hydroxylation is 1. The number of nitrogens with zero attached hydrogens (tertiary/aromatic N) is 8. The standard InChI is InChI=1S/C17H22N8OS/c1-14-19-20-16(27-14)13-23-9-7-22(8-10-23)11-12-25-17(26)4-3-15(21-25)24-6-2-5-18-24/h2-6H,7-13H2,1H3. The predicted molar refractivity (Wildman–Crippen MR) is 102 cm³/mol. The molecule has 0 aromatic carbocycles. The van der Waals surface area contributed by atoms with Crippen molar-refractivity contribution >= 4 is 11.3 Å². The second-order valence-corrected chi connectivity index (χ2v) is 7.80. The third-order valence-electron chi connectivity index (χ3n) is 4.61. The molecule has 0 radical (unpaired) electrons. The van der Waals surface area contributed by atoms with Crippen molar-refractivity contribution in [3.63, 3.8) is 0 Å². The summed E-state index contributed by atoms with van der Waals surface area (Å²) in [5, 5.41) is 19.0. The second-order valence-electron chi connectivity index (χ2n) is 6.54. The van der Waals surface area contributed by atoms with Gasteiger partial charge in [-0.1, -0.05) is 0 Å². The Labute approximate surface area is 160 Å². The fraction of sp³-hybridized carbons (Fsp3) is 0.471. The summed E-state index contributed by atoms with van der Waals surface area (Å²) in [5.74, 6) is 0.650. The lowest BCUT2D eigenvalue weighted by atomic mass is 10.3. The van der Waals surface area contributed by atoms with E-state index in [2.05, 4.69) is 30.2 Å². The number of aromatic nitrogens is 6. The van der Waals surface area contributed by atoms with Crippen LogP contribution >= 0.6 is 11.3 Å². The summed E-state index contributed by atoms with van der Waals surface area (Å²) in [6, 6.07) is 5.07. The Bertz CT molecular complexity index is 927. The molecule has 4 rings (SSSR count). The highest BCUT2D eigenvalue weighted by molar-refractivity contribution is 7.11. The summed E-state index contributed by atoms with van der Waals surface area (Å²) >= 11 is 1.66. The average Bonchev–Trinajstić information content (AvgIpc) is 3.34. The minimum Gasteiger partial charge on any atom is -0.299 e. The summed E-state index contributed by atoms with van der Waals surface area (Å²) in [7, 11) is 0. The van der Waals surface area contributed by atoms with Crippen LogP contribution in [0.3, 0.4) is 0 Å². The van der Waals surface area contributed by atoms with Crippen LogP contribution in [0, 0.1) is 6.92 Å². The monoisotopic (exact) mass is 386 g/mol. The van der Waals surface area contributed by atoms with Gasteiger partial charge < -0.3 is 0 Å². The Morgan fingerprint density at radius 1 is 1.07 bits per heavy atom. The third-order valence-corrected chi connectivity index (χ3v) is 5.43. The lowest BCUT2D eigenvalue weighted by Crippen LogP contribution is -2.47. The first-order chi connectivity index (χ1) is 13.2. The summed E-state index contributed by atoms with van der Waals surface area (Å²) < 4.78 is 3.18. The van der Waals surface area contributed by atoms with Gasteiger partial charge in [0.1, 0.15) is 10.0 Å². The molecule has 0 saturated carbocycles. The molecule has 0 unspecified atom stereocenters. The Hall–Kier alpha value is -2.43. The number of hydrogen-bond donors (Lipinski definition) is 0. The van der Waals surface area contributed by atoms with Crippen molar-refractivity contribution in [1.82, 2.24) is 39.6 Å². The molecular formula is C17H22N8OS. The maximum Gasteiger partial charge on any atom is 0.266 e. The van der Waals surface area contributed by atoms with E-state index in [0.717, 1.165) is 49.3 Å². The summed E-state index contributed by atoms with van der Waals surface area (Å²) in [5.41, 5.74) is -0.0869. The van der Waals surface area contributed by atoms with E-state index >= 15 is 0 Å². The molecule has 10 heteroatoms. The summed E-state index contributed by atoms with van der Waals surface area (Å²) in [6.45, 7) is 8.17. The maximum absolute atomic E-state index is 12.1. The first-order valence-corrected chi connectivity index (χ1v) is 9.81. The minimum atomic E-state index is -0.0869. The van der Waals surface area contributed by atoms with Crippen molar-refractivity contribution in [2.45, 2.75) is 20.0 Å². The van der Waals surface area contributed by atoms with Gasteiger partial charge >= 0.3 is 0 Å². The van der Waals surface area contributed by atoms with Crippen molar-refractivity contribution in [3.8, 4) is 5.82 Å². The van der Waals surface area contributed by atoms with Gasteiger partial charge in [-0.25, -0.2) is 9.36 Å². The van der Waals surface area contributed by atoms with Crippen molar-refractivity contribution < 1.29 is 0 Å². The Balaban J connectivity index is 1.30. The van der Waals surface area contributed by atoms with E-state index in [9.17, 15) is 4.79 Å². The normalized spacial score (nSPS) is 16.0. The van der Waals surface area contributed by atoms with Crippen LogP contribution in [0.15, 0.2) is 35.4 Å². The van der Waals surface area contributed by atoms with Gasteiger partial charge in [0.15, 0.2) is 5.82 Å². The van der Waals surface area contributed by atoms with Gasteiger partial charge in [0.2, 0.25) is 0 Å². The summed E-state index contributed by atoms with van der Waals surface area (Å²) in [6.07, 6.45) is 3.51. The molecule has 0 N–H and O–H groups in total. The number of piperazine rings is 1. The van der Waals surface area contributed by atoms with E-state index in [1.54, 1.807) is 34.3 Å². The van der Waals surface area contributed by atoms with Gasteiger partial charge in [-0.15, -0.1) is 26.6 Å². The number of hydrogen-bond acceptors (Lipinski definition) is 8. The molecule has 0 atom stereocenters. The molecule has 0 aliphatic carbocycles. The van der Waals surface area contributed by atoms with Crippen LogP contribution in [0.25, 0.3) is 5.82 Å². The first kappa shape index (κ1) is 18.0. The van der Waals surface area contributed by atoms with Crippen LogP contribution in [0.2, 0.25) is 0 Å². The molecule has 0 bridgehead atoms. The van der Waals surface area contributed by atoms with E-state index in [0.29, 0.717) is 12.4 Å². The molecule has 1 aliphatic heterocycles. The molecule has 9 nitrogen and oxygen atoms in total. The fourth-order valence-electron chi connectivity index (χ4n) is 3.12. The minimum absolute atomic E-state index is 0.0869. The molecule has 4 heterocycles. The topological polar surface area (TPSA) is 85.0 Å². The Morgan fingerprint density at radius 3 is 2.59 bits per heavy atom. The molecule has 1 saturated heterocycles. The predicted octanol–water partition coefficient (Wildman–Crippen LogP) is 0.407. The van der Waals surface area contributed by atoms with Gasteiger partial charge in [-0.3, -0.25) is 14.6 Å². The molecule has 3 aromatic heterocycles. The quantitative estimate of drug-likeness (QED) is 0.606. The van der Waals surface area contributed by atoms with Gasteiger partial charge in [0.25, 0.3) is 5.56 Å². The van der Waals surface area contributed by atoms with Crippen molar-refractivity contribution in [1.29, 1.82) is 0 Å². The van der Waals surface area contributed by atoms with Crippen LogP contribution < -0.4 is 5.56 Å². The lowest BCUT2D eigenvalue weighted by Gasteiger charge is -2.34.